The molecule has 148 valence electrons. The molecule has 1 heterocycles. The number of aliphatic hydroxyl groups is 1. The fourth-order valence-electron chi connectivity index (χ4n) is 3.18. The third kappa shape index (κ3) is 6.70. The van der Waals surface area contributed by atoms with Gasteiger partial charge in [0.05, 0.1) is 12.6 Å². The summed E-state index contributed by atoms with van der Waals surface area (Å²) in [5.41, 5.74) is 2.10. The largest absolute Gasteiger partial charge is 0.386 e. The van der Waals surface area contributed by atoms with Gasteiger partial charge in [0, 0.05) is 31.7 Å². The van der Waals surface area contributed by atoms with E-state index in [4.69, 9.17) is 0 Å². The van der Waals surface area contributed by atoms with E-state index in [1.54, 1.807) is 0 Å². The number of hydrogen-bond acceptors (Lipinski definition) is 3. The maximum absolute atomic E-state index is 10.4. The van der Waals surface area contributed by atoms with Gasteiger partial charge in [-0.05, 0) is 39.2 Å². The van der Waals surface area contributed by atoms with E-state index in [2.05, 4.69) is 48.2 Å². The van der Waals surface area contributed by atoms with E-state index in [9.17, 15) is 5.11 Å². The van der Waals surface area contributed by atoms with E-state index in [1.165, 1.54) is 5.56 Å². The highest BCUT2D eigenvalue weighted by molar-refractivity contribution is 14.0. The van der Waals surface area contributed by atoms with E-state index >= 15 is 0 Å². The van der Waals surface area contributed by atoms with Gasteiger partial charge in [-0.3, -0.25) is 9.89 Å². The fourth-order valence-corrected chi connectivity index (χ4v) is 3.18. The van der Waals surface area contributed by atoms with E-state index in [0.717, 1.165) is 31.2 Å². The van der Waals surface area contributed by atoms with Crippen LogP contribution in [0.2, 0.25) is 0 Å². The first-order valence-corrected chi connectivity index (χ1v) is 9.44. The highest BCUT2D eigenvalue weighted by Gasteiger charge is 2.31. The number of nitrogens with zero attached hydrogens (tertiary/aromatic N) is 2. The molecule has 3 atom stereocenters. The number of hydrogen-bond donors (Lipinski definition) is 3. The van der Waals surface area contributed by atoms with Crippen molar-refractivity contribution in [3.8, 4) is 0 Å². The normalized spacial score (nSPS) is 22.2. The first kappa shape index (κ1) is 23.2. The first-order valence-electron chi connectivity index (χ1n) is 9.44. The second kappa shape index (κ2) is 11.1. The third-order valence-electron chi connectivity index (χ3n) is 4.92. The molecule has 0 aromatic heterocycles. The Labute approximate surface area is 175 Å². The minimum Gasteiger partial charge on any atom is -0.386 e. The van der Waals surface area contributed by atoms with Crippen LogP contribution in [0.3, 0.4) is 0 Å². The van der Waals surface area contributed by atoms with Crippen molar-refractivity contribution in [3.05, 3.63) is 35.4 Å². The van der Waals surface area contributed by atoms with Crippen molar-refractivity contribution in [2.24, 2.45) is 10.9 Å². The summed E-state index contributed by atoms with van der Waals surface area (Å²) >= 11 is 0. The molecule has 2 rings (SSSR count). The van der Waals surface area contributed by atoms with Crippen molar-refractivity contribution < 1.29 is 5.11 Å². The van der Waals surface area contributed by atoms with Gasteiger partial charge in [-0.1, -0.05) is 36.8 Å². The quantitative estimate of drug-likeness (QED) is 0.337. The van der Waals surface area contributed by atoms with Crippen molar-refractivity contribution >= 4 is 29.9 Å². The maximum atomic E-state index is 10.4. The SMILES string of the molecule is CCNC(=NCC(O)c1ccc(C)cc1)NC1CN(C(C)C)CC1C.I. The van der Waals surface area contributed by atoms with Gasteiger partial charge in [0.25, 0.3) is 0 Å². The lowest BCUT2D eigenvalue weighted by Crippen LogP contribution is -2.47. The minimum absolute atomic E-state index is 0. The number of aliphatic hydroxyl groups excluding tert-OH is 1. The van der Waals surface area contributed by atoms with Crippen LogP contribution in [0.25, 0.3) is 0 Å². The highest BCUT2D eigenvalue weighted by Crippen LogP contribution is 2.19. The van der Waals surface area contributed by atoms with Gasteiger partial charge in [-0.15, -0.1) is 24.0 Å². The van der Waals surface area contributed by atoms with Crippen LogP contribution in [0.15, 0.2) is 29.3 Å². The number of aryl methyl sites for hydroxylation is 1. The molecule has 5 nitrogen and oxygen atoms in total. The van der Waals surface area contributed by atoms with Crippen molar-refractivity contribution in [2.45, 2.75) is 52.8 Å². The number of aliphatic imine (C=N–C) groups is 1. The molecule has 26 heavy (non-hydrogen) atoms. The van der Waals surface area contributed by atoms with E-state index < -0.39 is 6.10 Å². The first-order chi connectivity index (χ1) is 11.9. The molecular formula is C20H35IN4O. The molecule has 1 fully saturated rings. The molecule has 0 bridgehead atoms. The molecule has 0 spiro atoms. The summed E-state index contributed by atoms with van der Waals surface area (Å²) < 4.78 is 0. The topological polar surface area (TPSA) is 59.9 Å². The summed E-state index contributed by atoms with van der Waals surface area (Å²) in [6.07, 6.45) is -0.579. The molecule has 1 aliphatic rings. The summed E-state index contributed by atoms with van der Waals surface area (Å²) in [4.78, 5) is 7.10. The molecule has 0 saturated carbocycles. The smallest absolute Gasteiger partial charge is 0.191 e. The van der Waals surface area contributed by atoms with E-state index in [1.807, 2.05) is 31.2 Å². The lowest BCUT2D eigenvalue weighted by atomic mass is 10.1. The van der Waals surface area contributed by atoms with Crippen molar-refractivity contribution in [1.29, 1.82) is 0 Å². The highest BCUT2D eigenvalue weighted by atomic mass is 127. The Bertz CT molecular complexity index is 561. The zero-order valence-electron chi connectivity index (χ0n) is 16.7. The number of guanidine groups is 1. The Morgan fingerprint density at radius 3 is 2.46 bits per heavy atom. The van der Waals surface area contributed by atoms with Crippen molar-refractivity contribution in [1.82, 2.24) is 15.5 Å². The van der Waals surface area contributed by atoms with Crippen LogP contribution in [0.1, 0.15) is 44.9 Å². The van der Waals surface area contributed by atoms with Crippen LogP contribution in [0.5, 0.6) is 0 Å². The Hall–Kier alpha value is -0.860. The van der Waals surface area contributed by atoms with Gasteiger partial charge < -0.3 is 15.7 Å². The number of nitrogens with one attached hydrogen (secondary N) is 2. The molecule has 0 radical (unpaired) electrons. The molecule has 1 aromatic rings. The van der Waals surface area contributed by atoms with Gasteiger partial charge in [0.2, 0.25) is 0 Å². The Morgan fingerprint density at radius 2 is 1.92 bits per heavy atom. The summed E-state index contributed by atoms with van der Waals surface area (Å²) in [5.74, 6) is 1.37. The Morgan fingerprint density at radius 1 is 1.27 bits per heavy atom. The zero-order valence-corrected chi connectivity index (χ0v) is 19.0. The summed E-state index contributed by atoms with van der Waals surface area (Å²) in [6.45, 7) is 14.2. The zero-order chi connectivity index (χ0) is 18.4. The summed E-state index contributed by atoms with van der Waals surface area (Å²) in [5, 5.41) is 17.2. The van der Waals surface area contributed by atoms with Gasteiger partial charge in [-0.2, -0.15) is 0 Å². The monoisotopic (exact) mass is 474 g/mol. The average molecular weight is 474 g/mol. The average Bonchev–Trinajstić information content (AvgIpc) is 2.94. The minimum atomic E-state index is -0.579. The third-order valence-corrected chi connectivity index (χ3v) is 4.92. The maximum Gasteiger partial charge on any atom is 0.191 e. The molecule has 1 aromatic carbocycles. The molecule has 0 aliphatic carbocycles. The Balaban J connectivity index is 0.00000338. The molecule has 3 N–H and O–H groups in total. The van der Waals surface area contributed by atoms with E-state index in [0.29, 0.717) is 24.5 Å². The molecule has 1 saturated heterocycles. The van der Waals surface area contributed by atoms with Crippen LogP contribution in [-0.4, -0.2) is 54.2 Å². The van der Waals surface area contributed by atoms with Crippen LogP contribution in [-0.2, 0) is 0 Å². The van der Waals surface area contributed by atoms with Gasteiger partial charge in [0.1, 0.15) is 0 Å². The standard InChI is InChI=1S/C20H34N4O.HI/c1-6-21-20(23-18-13-24(14(2)3)12-16(18)5)22-11-19(25)17-9-7-15(4)8-10-17;/h7-10,14,16,18-19,25H,6,11-13H2,1-5H3,(H2,21,22,23);1H. The van der Waals surface area contributed by atoms with Crippen molar-refractivity contribution in [3.63, 3.8) is 0 Å². The van der Waals surface area contributed by atoms with Crippen LogP contribution < -0.4 is 10.6 Å². The number of rotatable bonds is 6. The van der Waals surface area contributed by atoms with E-state index in [-0.39, 0.29) is 24.0 Å². The predicted octanol–water partition coefficient (Wildman–Crippen LogP) is 2.93. The lowest BCUT2D eigenvalue weighted by Gasteiger charge is -2.22. The van der Waals surface area contributed by atoms with Crippen LogP contribution >= 0.6 is 24.0 Å². The number of halogens is 1. The molecule has 3 unspecified atom stereocenters. The van der Waals surface area contributed by atoms with Gasteiger partial charge >= 0.3 is 0 Å². The molecule has 1 aliphatic heterocycles. The molecule has 0 amide bonds. The molecular weight excluding hydrogens is 439 g/mol. The fraction of sp³-hybridized carbons (Fsp3) is 0.650. The second-order valence-corrected chi connectivity index (χ2v) is 7.42. The number of benzene rings is 1. The van der Waals surface area contributed by atoms with Gasteiger partial charge in [0.15, 0.2) is 5.96 Å². The van der Waals surface area contributed by atoms with Crippen LogP contribution in [0, 0.1) is 12.8 Å². The lowest BCUT2D eigenvalue weighted by molar-refractivity contribution is 0.187. The number of likely N-dealkylation sites (tertiary alicyclic amines) is 1. The summed E-state index contributed by atoms with van der Waals surface area (Å²) in [7, 11) is 0. The van der Waals surface area contributed by atoms with Crippen LogP contribution in [0.4, 0.5) is 0 Å². The Kier molecular flexibility index (Phi) is 9.89. The second-order valence-electron chi connectivity index (χ2n) is 7.42. The predicted molar refractivity (Wildman–Crippen MR) is 120 cm³/mol. The molecule has 6 heteroatoms. The summed E-state index contributed by atoms with van der Waals surface area (Å²) in [6, 6.07) is 8.93. The van der Waals surface area contributed by atoms with Gasteiger partial charge in [-0.25, -0.2) is 0 Å². The van der Waals surface area contributed by atoms with Crippen molar-refractivity contribution in [2.75, 3.05) is 26.2 Å².